The van der Waals surface area contributed by atoms with Gasteiger partial charge in [-0.2, -0.15) is 0 Å². The van der Waals surface area contributed by atoms with Crippen molar-refractivity contribution < 1.29 is 0 Å². The fraction of sp³-hybridized carbons (Fsp3) is 0.500. The molecule has 2 N–H and O–H groups in total. The number of rotatable bonds is 3. The number of nitrogens with one attached hydrogen (secondary N) is 2. The van der Waals surface area contributed by atoms with Crippen LogP contribution in [0.2, 0.25) is 0 Å². The van der Waals surface area contributed by atoms with Gasteiger partial charge in [-0.05, 0) is 7.05 Å². The molecule has 0 spiro atoms. The first-order valence-corrected chi connectivity index (χ1v) is 2.72. The Balaban J connectivity index is 2.49. The van der Waals surface area contributed by atoms with E-state index in [9.17, 15) is 0 Å². The molecule has 0 unspecified atom stereocenters. The molecule has 0 rings (SSSR count). The lowest BCUT2D eigenvalue weighted by molar-refractivity contribution is 1.28. The van der Waals surface area contributed by atoms with Crippen molar-refractivity contribution >= 4 is 29.8 Å². The van der Waals surface area contributed by atoms with Crippen LogP contribution in [0.4, 0.5) is 0 Å². The minimum Gasteiger partial charge on any atom is -0.314 e. The van der Waals surface area contributed by atoms with Crippen LogP contribution in [0, 0.1) is 0 Å². The molecule has 6 heavy (non-hydrogen) atoms. The highest BCUT2D eigenvalue weighted by Crippen LogP contribution is 1.73. The summed E-state index contributed by atoms with van der Waals surface area (Å²) < 4.78 is 5.47. The summed E-state index contributed by atoms with van der Waals surface area (Å²) in [5.74, 6) is 0. The zero-order chi connectivity index (χ0) is 4.83. The predicted octanol–water partition coefficient (Wildman–Crippen LogP) is 0.316. The number of thiocarbonyl (C=S) groups is 1. The second kappa shape index (κ2) is 5.20. The van der Waals surface area contributed by atoms with Gasteiger partial charge >= 0.3 is 0 Å². The van der Waals surface area contributed by atoms with Crippen LogP contribution >= 0.6 is 24.4 Å². The summed E-state index contributed by atoms with van der Waals surface area (Å²) in [6.07, 6.45) is 0. The third kappa shape index (κ3) is 4.20. The van der Waals surface area contributed by atoms with Gasteiger partial charge in [0, 0.05) is 12.1 Å². The summed E-state index contributed by atoms with van der Waals surface area (Å²) in [6.45, 7) is 0. The van der Waals surface area contributed by atoms with Gasteiger partial charge in [0.15, 0.2) is 0 Å². The van der Waals surface area contributed by atoms with E-state index in [1.807, 2.05) is 7.05 Å². The van der Waals surface area contributed by atoms with E-state index in [4.69, 9.17) is 0 Å². The van der Waals surface area contributed by atoms with Crippen LogP contribution < -0.4 is 9.44 Å². The van der Waals surface area contributed by atoms with Crippen LogP contribution in [-0.2, 0) is 0 Å². The Morgan fingerprint density at radius 1 is 1.83 bits per heavy atom. The minimum atomic E-state index is 1.35. The molecule has 0 aromatic rings. The van der Waals surface area contributed by atoms with Crippen LogP contribution in [0.25, 0.3) is 0 Å². The average Bonchev–Trinajstić information content (AvgIpc) is 1.61. The van der Waals surface area contributed by atoms with E-state index in [1.165, 1.54) is 17.6 Å². The van der Waals surface area contributed by atoms with Gasteiger partial charge in [-0.25, -0.2) is 4.72 Å². The molecule has 0 aliphatic heterocycles. The first-order chi connectivity index (χ1) is 2.91. The summed E-state index contributed by atoms with van der Waals surface area (Å²) in [6, 6.07) is 0. The topological polar surface area (TPSA) is 24.1 Å². The molecule has 0 bridgehead atoms. The lowest BCUT2D eigenvalue weighted by Crippen LogP contribution is -2.04. The summed E-state index contributed by atoms with van der Waals surface area (Å²) in [4.78, 5) is 0. The maximum atomic E-state index is 4.42. The lowest BCUT2D eigenvalue weighted by atomic mass is 11.6. The molecule has 0 atom stereocenters. The van der Waals surface area contributed by atoms with Gasteiger partial charge in [-0.1, -0.05) is 12.2 Å². The molecule has 0 saturated heterocycles. The van der Waals surface area contributed by atoms with Gasteiger partial charge in [0.05, 0.1) is 5.49 Å². The molecule has 0 heterocycles. The highest BCUT2D eigenvalue weighted by molar-refractivity contribution is 7.96. The summed E-state index contributed by atoms with van der Waals surface area (Å²) in [5, 5.41) is 0. The highest BCUT2D eigenvalue weighted by atomic mass is 32.2. The van der Waals surface area contributed by atoms with E-state index in [-0.39, 0.29) is 0 Å². The monoisotopic (exact) mass is 122 g/mol. The molecular formula is C2H6N2S2. The number of hydrogen-bond donors (Lipinski definition) is 2. The molecule has 0 radical (unpaired) electrons. The molecule has 0 aliphatic carbocycles. The first-order valence-electron chi connectivity index (χ1n) is 1.43. The van der Waals surface area contributed by atoms with Crippen molar-refractivity contribution in [3.63, 3.8) is 0 Å². The maximum absolute atomic E-state index is 4.42. The van der Waals surface area contributed by atoms with E-state index < -0.39 is 0 Å². The zero-order valence-electron chi connectivity index (χ0n) is 3.39. The fourth-order valence-corrected chi connectivity index (χ4v) is 0.393. The standard InChI is InChI=1S/C2H6N2S2/c1-3-6-4-2-5/h2-3H,1H3,(H,4,5). The third-order valence-electron chi connectivity index (χ3n) is 0.209. The Bertz CT molecular complexity index is 38.5. The van der Waals surface area contributed by atoms with Gasteiger partial charge < -0.3 is 4.72 Å². The van der Waals surface area contributed by atoms with Crippen LogP contribution in [0.5, 0.6) is 0 Å². The molecule has 0 aromatic heterocycles. The average molecular weight is 122 g/mol. The Morgan fingerprint density at radius 2 is 2.50 bits per heavy atom. The molecule has 4 heteroatoms. The van der Waals surface area contributed by atoms with Gasteiger partial charge in [-0.15, -0.1) is 0 Å². The van der Waals surface area contributed by atoms with E-state index in [1.54, 1.807) is 0 Å². The Morgan fingerprint density at radius 3 is 2.67 bits per heavy atom. The molecule has 0 aromatic carbocycles. The van der Waals surface area contributed by atoms with E-state index in [0.29, 0.717) is 0 Å². The molecule has 0 fully saturated rings. The van der Waals surface area contributed by atoms with Gasteiger partial charge in [-0.3, -0.25) is 0 Å². The van der Waals surface area contributed by atoms with Crippen LogP contribution in [0.15, 0.2) is 0 Å². The van der Waals surface area contributed by atoms with E-state index in [0.717, 1.165) is 0 Å². The van der Waals surface area contributed by atoms with Gasteiger partial charge in [0.1, 0.15) is 0 Å². The number of hydrogen-bond acceptors (Lipinski definition) is 3. The van der Waals surface area contributed by atoms with Crippen LogP contribution in [0.1, 0.15) is 0 Å². The summed E-state index contributed by atoms with van der Waals surface area (Å²) in [5.41, 5.74) is 1.45. The van der Waals surface area contributed by atoms with Crippen molar-refractivity contribution in [3.8, 4) is 0 Å². The molecule has 2 nitrogen and oxygen atoms in total. The Labute approximate surface area is 47.0 Å². The van der Waals surface area contributed by atoms with Crippen molar-refractivity contribution in [1.82, 2.24) is 9.44 Å². The summed E-state index contributed by atoms with van der Waals surface area (Å²) in [7, 11) is 1.82. The molecule has 0 aliphatic rings. The van der Waals surface area contributed by atoms with Crippen molar-refractivity contribution in [3.05, 3.63) is 0 Å². The smallest absolute Gasteiger partial charge is 0.0723 e. The SMILES string of the molecule is CNSNC=S. The largest absolute Gasteiger partial charge is 0.314 e. The Kier molecular flexibility index (Phi) is 5.37. The second-order valence-corrected chi connectivity index (χ2v) is 1.63. The van der Waals surface area contributed by atoms with Gasteiger partial charge in [0.25, 0.3) is 0 Å². The minimum absolute atomic E-state index is 1.35. The highest BCUT2D eigenvalue weighted by Gasteiger charge is 1.65. The zero-order valence-corrected chi connectivity index (χ0v) is 5.03. The van der Waals surface area contributed by atoms with Gasteiger partial charge in [0.2, 0.25) is 0 Å². The first kappa shape index (κ1) is 6.20. The predicted molar refractivity (Wildman–Crippen MR) is 33.4 cm³/mol. The molecular weight excluding hydrogens is 116 g/mol. The Hall–Kier alpha value is 0.200. The maximum Gasteiger partial charge on any atom is 0.0723 e. The van der Waals surface area contributed by atoms with Crippen molar-refractivity contribution in [2.24, 2.45) is 0 Å². The summed E-state index contributed by atoms with van der Waals surface area (Å²) >= 11 is 5.77. The second-order valence-electron chi connectivity index (χ2n) is 0.542. The van der Waals surface area contributed by atoms with E-state index in [2.05, 4.69) is 21.7 Å². The van der Waals surface area contributed by atoms with Crippen molar-refractivity contribution in [2.45, 2.75) is 0 Å². The fourth-order valence-electron chi connectivity index (χ4n) is 0.0830. The van der Waals surface area contributed by atoms with Crippen LogP contribution in [0.3, 0.4) is 0 Å². The molecule has 36 valence electrons. The van der Waals surface area contributed by atoms with Crippen LogP contribution in [-0.4, -0.2) is 12.5 Å². The van der Waals surface area contributed by atoms with Crippen molar-refractivity contribution in [2.75, 3.05) is 7.05 Å². The molecule has 0 amide bonds. The molecule has 0 saturated carbocycles. The normalized spacial score (nSPS) is 7.50. The third-order valence-corrected chi connectivity index (χ3v) is 0.916. The lowest BCUT2D eigenvalue weighted by Gasteiger charge is -1.89. The quantitative estimate of drug-likeness (QED) is 0.320. The van der Waals surface area contributed by atoms with E-state index >= 15 is 0 Å². The van der Waals surface area contributed by atoms with Crippen molar-refractivity contribution in [1.29, 1.82) is 0 Å².